The number of piperazine rings is 1. The van der Waals surface area contributed by atoms with E-state index in [4.69, 9.17) is 16.9 Å². The number of nitriles is 1. The van der Waals surface area contributed by atoms with Crippen molar-refractivity contribution in [2.75, 3.05) is 26.2 Å². The van der Waals surface area contributed by atoms with Gasteiger partial charge >= 0.3 is 0 Å². The van der Waals surface area contributed by atoms with Crippen LogP contribution in [0, 0.1) is 11.3 Å². The molecule has 0 saturated carbocycles. The first-order valence-electron chi connectivity index (χ1n) is 7.78. The Morgan fingerprint density at radius 2 is 1.88 bits per heavy atom. The third-order valence-electron chi connectivity index (χ3n) is 4.12. The summed E-state index contributed by atoms with van der Waals surface area (Å²) in [5, 5.41) is 9.17. The zero-order valence-corrected chi connectivity index (χ0v) is 13.9. The van der Waals surface area contributed by atoms with Gasteiger partial charge in [-0.1, -0.05) is 23.7 Å². The summed E-state index contributed by atoms with van der Waals surface area (Å²) in [5.74, 6) is -0.00248. The lowest BCUT2D eigenvalue weighted by Gasteiger charge is -2.34. The van der Waals surface area contributed by atoms with E-state index in [-0.39, 0.29) is 5.91 Å². The van der Waals surface area contributed by atoms with Crippen LogP contribution in [-0.4, -0.2) is 46.9 Å². The van der Waals surface area contributed by atoms with Crippen LogP contribution in [0.2, 0.25) is 5.15 Å². The molecule has 1 saturated heterocycles. The number of rotatable bonds is 3. The number of hydrogen-bond donors (Lipinski definition) is 0. The molecule has 0 radical (unpaired) electrons. The van der Waals surface area contributed by atoms with Gasteiger partial charge in [0.15, 0.2) is 0 Å². The molecule has 0 spiro atoms. The summed E-state index contributed by atoms with van der Waals surface area (Å²) >= 11 is 5.85. The van der Waals surface area contributed by atoms with Gasteiger partial charge in [0.25, 0.3) is 5.91 Å². The largest absolute Gasteiger partial charge is 0.336 e. The predicted octanol–water partition coefficient (Wildman–Crippen LogP) is 2.56. The average molecular weight is 341 g/mol. The molecule has 1 aromatic heterocycles. The molecule has 1 aliphatic rings. The van der Waals surface area contributed by atoms with E-state index in [2.05, 4.69) is 16.0 Å². The zero-order valence-electron chi connectivity index (χ0n) is 13.2. The summed E-state index contributed by atoms with van der Waals surface area (Å²) in [4.78, 5) is 20.5. The summed E-state index contributed by atoms with van der Waals surface area (Å²) < 4.78 is 0. The molecular weight excluding hydrogens is 324 g/mol. The normalized spacial score (nSPS) is 15.1. The molecule has 6 heteroatoms. The molecule has 0 unspecified atom stereocenters. The van der Waals surface area contributed by atoms with Crippen molar-refractivity contribution in [3.63, 3.8) is 0 Å². The van der Waals surface area contributed by atoms with Crippen molar-refractivity contribution < 1.29 is 4.79 Å². The molecule has 24 heavy (non-hydrogen) atoms. The van der Waals surface area contributed by atoms with E-state index < -0.39 is 0 Å². The van der Waals surface area contributed by atoms with Crippen molar-refractivity contribution in [1.29, 1.82) is 5.26 Å². The Labute approximate surface area is 146 Å². The van der Waals surface area contributed by atoms with Crippen molar-refractivity contribution in [1.82, 2.24) is 14.8 Å². The first-order chi connectivity index (χ1) is 11.7. The van der Waals surface area contributed by atoms with E-state index in [1.807, 2.05) is 29.2 Å². The Balaban J connectivity index is 1.55. The average Bonchev–Trinajstić information content (AvgIpc) is 2.62. The van der Waals surface area contributed by atoms with Gasteiger partial charge in [-0.2, -0.15) is 5.26 Å². The summed E-state index contributed by atoms with van der Waals surface area (Å²) in [7, 11) is 0. The lowest BCUT2D eigenvalue weighted by molar-refractivity contribution is 0.0628. The lowest BCUT2D eigenvalue weighted by atomic mass is 10.1. The number of benzene rings is 1. The topological polar surface area (TPSA) is 60.2 Å². The minimum atomic E-state index is -0.00248. The maximum Gasteiger partial charge on any atom is 0.254 e. The van der Waals surface area contributed by atoms with Crippen LogP contribution >= 0.6 is 11.6 Å². The zero-order chi connectivity index (χ0) is 16.9. The fraction of sp³-hybridized carbons (Fsp3) is 0.278. The molecule has 1 aromatic carbocycles. The standard InChI is InChI=1S/C18H17ClN4O/c19-17-11-16(5-6-21-17)18(24)23-9-7-22(8-10-23)13-15-3-1-14(12-20)2-4-15/h1-6,11H,7-10,13H2. The molecule has 1 fully saturated rings. The van der Waals surface area contributed by atoms with E-state index >= 15 is 0 Å². The van der Waals surface area contributed by atoms with Crippen LogP contribution in [0.3, 0.4) is 0 Å². The van der Waals surface area contributed by atoms with E-state index in [1.54, 1.807) is 18.3 Å². The van der Waals surface area contributed by atoms with Crippen molar-refractivity contribution in [3.8, 4) is 6.07 Å². The monoisotopic (exact) mass is 340 g/mol. The van der Waals surface area contributed by atoms with Crippen molar-refractivity contribution in [3.05, 3.63) is 64.4 Å². The molecular formula is C18H17ClN4O. The van der Waals surface area contributed by atoms with E-state index in [0.717, 1.165) is 19.6 Å². The summed E-state index contributed by atoms with van der Waals surface area (Å²) in [6.45, 7) is 3.86. The fourth-order valence-electron chi connectivity index (χ4n) is 2.77. The molecule has 0 bridgehead atoms. The second-order valence-electron chi connectivity index (χ2n) is 5.74. The second-order valence-corrected chi connectivity index (χ2v) is 6.13. The molecule has 2 heterocycles. The molecule has 3 rings (SSSR count). The number of carbonyl (C=O) groups is 1. The van der Waals surface area contributed by atoms with Crippen molar-refractivity contribution in [2.45, 2.75) is 6.54 Å². The summed E-state index contributed by atoms with van der Waals surface area (Å²) in [6.07, 6.45) is 1.55. The van der Waals surface area contributed by atoms with Gasteiger partial charge in [0.1, 0.15) is 5.15 Å². The summed E-state index contributed by atoms with van der Waals surface area (Å²) in [5.41, 5.74) is 2.43. The lowest BCUT2D eigenvalue weighted by Crippen LogP contribution is -2.48. The first kappa shape index (κ1) is 16.4. The van der Waals surface area contributed by atoms with Crippen molar-refractivity contribution >= 4 is 17.5 Å². The highest BCUT2D eigenvalue weighted by atomic mass is 35.5. The molecule has 0 N–H and O–H groups in total. The Morgan fingerprint density at radius 3 is 2.50 bits per heavy atom. The third kappa shape index (κ3) is 3.91. The van der Waals surface area contributed by atoms with Gasteiger partial charge in [0, 0.05) is 44.5 Å². The molecule has 2 aromatic rings. The van der Waals surface area contributed by atoms with Crippen molar-refractivity contribution in [2.24, 2.45) is 0 Å². The highest BCUT2D eigenvalue weighted by Gasteiger charge is 2.22. The van der Waals surface area contributed by atoms with Crippen LogP contribution in [0.25, 0.3) is 0 Å². The minimum Gasteiger partial charge on any atom is -0.336 e. The highest BCUT2D eigenvalue weighted by Crippen LogP contribution is 2.14. The van der Waals surface area contributed by atoms with Gasteiger partial charge < -0.3 is 4.90 Å². The van der Waals surface area contributed by atoms with Gasteiger partial charge in [0.05, 0.1) is 11.6 Å². The van der Waals surface area contributed by atoms with E-state index in [0.29, 0.717) is 29.4 Å². The Morgan fingerprint density at radius 1 is 1.17 bits per heavy atom. The van der Waals surface area contributed by atoms with Gasteiger partial charge in [-0.3, -0.25) is 9.69 Å². The molecule has 1 aliphatic heterocycles. The molecule has 1 amide bonds. The first-order valence-corrected chi connectivity index (χ1v) is 8.16. The van der Waals surface area contributed by atoms with Gasteiger partial charge in [0.2, 0.25) is 0 Å². The smallest absolute Gasteiger partial charge is 0.254 e. The fourth-order valence-corrected chi connectivity index (χ4v) is 2.94. The van der Waals surface area contributed by atoms with Crippen LogP contribution in [0.1, 0.15) is 21.5 Å². The van der Waals surface area contributed by atoms with E-state index in [9.17, 15) is 4.79 Å². The number of hydrogen-bond acceptors (Lipinski definition) is 4. The second kappa shape index (κ2) is 7.43. The maximum atomic E-state index is 12.5. The number of aromatic nitrogens is 1. The van der Waals surface area contributed by atoms with Crippen LogP contribution in [-0.2, 0) is 6.54 Å². The van der Waals surface area contributed by atoms with Gasteiger partial charge in [-0.05, 0) is 29.8 Å². The Bertz CT molecular complexity index is 761. The predicted molar refractivity (Wildman–Crippen MR) is 91.6 cm³/mol. The van der Waals surface area contributed by atoms with Gasteiger partial charge in [-0.25, -0.2) is 4.98 Å². The van der Waals surface area contributed by atoms with E-state index in [1.165, 1.54) is 5.56 Å². The molecule has 0 aliphatic carbocycles. The summed E-state index contributed by atoms with van der Waals surface area (Å²) in [6, 6.07) is 13.1. The number of carbonyl (C=O) groups excluding carboxylic acids is 1. The number of halogens is 1. The molecule has 5 nitrogen and oxygen atoms in total. The van der Waals surface area contributed by atoms with Crippen LogP contribution in [0.15, 0.2) is 42.6 Å². The number of amides is 1. The van der Waals surface area contributed by atoms with Crippen LogP contribution in [0.4, 0.5) is 0 Å². The third-order valence-corrected chi connectivity index (χ3v) is 4.33. The Hall–Kier alpha value is -2.42. The highest BCUT2D eigenvalue weighted by molar-refractivity contribution is 6.29. The number of nitrogens with zero attached hydrogens (tertiary/aromatic N) is 4. The van der Waals surface area contributed by atoms with Crippen LogP contribution < -0.4 is 0 Å². The van der Waals surface area contributed by atoms with Gasteiger partial charge in [-0.15, -0.1) is 0 Å². The Kier molecular flexibility index (Phi) is 5.09. The number of pyridine rings is 1. The quantitative estimate of drug-likeness (QED) is 0.806. The molecule has 0 atom stereocenters. The van der Waals surface area contributed by atoms with Crippen LogP contribution in [0.5, 0.6) is 0 Å². The molecule has 122 valence electrons. The SMILES string of the molecule is N#Cc1ccc(CN2CCN(C(=O)c3ccnc(Cl)c3)CC2)cc1. The maximum absolute atomic E-state index is 12.5. The minimum absolute atomic E-state index is 0.00248.